The number of benzene rings is 2. The van der Waals surface area contributed by atoms with Gasteiger partial charge in [-0.05, 0) is 24.3 Å². The van der Waals surface area contributed by atoms with Gasteiger partial charge in [0, 0.05) is 22.5 Å². The predicted molar refractivity (Wildman–Crippen MR) is 90.2 cm³/mol. The summed E-state index contributed by atoms with van der Waals surface area (Å²) in [6.07, 6.45) is 0. The summed E-state index contributed by atoms with van der Waals surface area (Å²) in [4.78, 5) is 12.1. The number of nitrogens with zero attached hydrogens (tertiary/aromatic N) is 1. The van der Waals surface area contributed by atoms with Crippen molar-refractivity contribution < 1.29 is 23.0 Å². The van der Waals surface area contributed by atoms with Gasteiger partial charge in [0.25, 0.3) is 16.0 Å². The van der Waals surface area contributed by atoms with E-state index in [2.05, 4.69) is 15.8 Å². The number of para-hydroxylation sites is 1. The Morgan fingerprint density at radius 2 is 1.68 bits per heavy atom. The van der Waals surface area contributed by atoms with Gasteiger partial charge in [0.15, 0.2) is 0 Å². The number of rotatable bonds is 1. The zero-order chi connectivity index (χ0) is 17.8. The number of allylic oxidation sites excluding steroid dienone is 1. The summed E-state index contributed by atoms with van der Waals surface area (Å²) in [5.41, 5.74) is 2.51. The van der Waals surface area contributed by atoms with Gasteiger partial charge in [0.1, 0.15) is 5.71 Å². The normalized spacial score (nSPS) is 20.2. The summed E-state index contributed by atoms with van der Waals surface area (Å²) in [5.74, 6) is -0.473. The fourth-order valence-electron chi connectivity index (χ4n) is 2.97. The van der Waals surface area contributed by atoms with Crippen molar-refractivity contribution in [2.75, 3.05) is 10.6 Å². The van der Waals surface area contributed by atoms with E-state index >= 15 is 0 Å². The van der Waals surface area contributed by atoms with Gasteiger partial charge in [-0.25, -0.2) is 0 Å². The molecule has 8 nitrogen and oxygen atoms in total. The minimum Gasteiger partial charge on any atom is -0.410 e. The Hall–Kier alpha value is -3.17. The monoisotopic (exact) mass is 357 g/mol. The minimum absolute atomic E-state index is 0.129. The van der Waals surface area contributed by atoms with Gasteiger partial charge in [-0.15, -0.1) is 0 Å². The van der Waals surface area contributed by atoms with Crippen molar-refractivity contribution in [3.8, 4) is 0 Å². The molecule has 0 fully saturated rings. The van der Waals surface area contributed by atoms with E-state index in [0.29, 0.717) is 16.9 Å². The van der Waals surface area contributed by atoms with Crippen LogP contribution in [0.4, 0.5) is 11.4 Å². The lowest BCUT2D eigenvalue weighted by atomic mass is 10.0. The highest BCUT2D eigenvalue weighted by atomic mass is 32.2. The molecule has 0 bridgehead atoms. The minimum atomic E-state index is -4.42. The van der Waals surface area contributed by atoms with Crippen LogP contribution >= 0.6 is 0 Å². The zero-order valence-corrected chi connectivity index (χ0v) is 13.3. The van der Waals surface area contributed by atoms with E-state index in [9.17, 15) is 23.0 Å². The SMILES string of the molecule is O=C1Nc2ccc(S(=O)(=O)O)cc2/C1=C1/Nc2ccccc2/C1=N\O. The van der Waals surface area contributed by atoms with Gasteiger partial charge in [-0.3, -0.25) is 9.35 Å². The number of anilines is 2. The summed E-state index contributed by atoms with van der Waals surface area (Å²) in [7, 11) is -4.42. The number of amides is 1. The summed E-state index contributed by atoms with van der Waals surface area (Å²) in [6, 6.07) is 10.8. The van der Waals surface area contributed by atoms with Gasteiger partial charge < -0.3 is 15.8 Å². The molecule has 0 saturated heterocycles. The summed E-state index contributed by atoms with van der Waals surface area (Å²) >= 11 is 0. The third-order valence-electron chi connectivity index (χ3n) is 4.06. The Morgan fingerprint density at radius 3 is 2.40 bits per heavy atom. The van der Waals surface area contributed by atoms with Crippen molar-refractivity contribution >= 4 is 38.7 Å². The first kappa shape index (κ1) is 15.4. The van der Waals surface area contributed by atoms with Crippen LogP contribution in [0.2, 0.25) is 0 Å². The van der Waals surface area contributed by atoms with Crippen LogP contribution in [0.5, 0.6) is 0 Å². The highest BCUT2D eigenvalue weighted by Gasteiger charge is 2.34. The Balaban J connectivity index is 1.97. The van der Waals surface area contributed by atoms with E-state index in [0.717, 1.165) is 0 Å². The quantitative estimate of drug-likeness (QED) is 0.267. The maximum atomic E-state index is 12.4. The number of oxime groups is 1. The van der Waals surface area contributed by atoms with E-state index in [-0.39, 0.29) is 27.4 Å². The van der Waals surface area contributed by atoms with Crippen LogP contribution in [-0.2, 0) is 14.9 Å². The standard InChI is InChI=1S/C16H11N3O5S/c20-16-13(10-7-8(25(22,23)24)5-6-12(10)18-16)15-14(19-21)9-3-1-2-4-11(9)17-15/h1-7,17,21H,(H,18,20)(H,22,23,24)/b15-13-,19-14+. The molecule has 0 saturated carbocycles. The lowest BCUT2D eigenvalue weighted by Crippen LogP contribution is -2.12. The predicted octanol–water partition coefficient (Wildman–Crippen LogP) is 1.90. The number of hydrogen-bond donors (Lipinski definition) is 4. The first-order valence-corrected chi connectivity index (χ1v) is 8.60. The lowest BCUT2D eigenvalue weighted by Gasteiger charge is -2.06. The van der Waals surface area contributed by atoms with Gasteiger partial charge >= 0.3 is 0 Å². The molecule has 9 heteroatoms. The summed E-state index contributed by atoms with van der Waals surface area (Å²) < 4.78 is 32.0. The van der Waals surface area contributed by atoms with Crippen molar-refractivity contribution in [1.82, 2.24) is 0 Å². The van der Waals surface area contributed by atoms with Crippen LogP contribution < -0.4 is 10.6 Å². The van der Waals surface area contributed by atoms with Gasteiger partial charge in [0.2, 0.25) is 0 Å². The molecule has 0 atom stereocenters. The molecule has 0 aromatic heterocycles. The second-order valence-electron chi connectivity index (χ2n) is 5.51. The number of carbonyl (C=O) groups excluding carboxylic acids is 1. The molecular formula is C16H11N3O5S. The fourth-order valence-corrected chi connectivity index (χ4v) is 3.47. The Kier molecular flexibility index (Phi) is 3.17. The average Bonchev–Trinajstić information content (AvgIpc) is 3.08. The second kappa shape index (κ2) is 5.16. The molecule has 0 aliphatic carbocycles. The molecule has 0 unspecified atom stereocenters. The topological polar surface area (TPSA) is 128 Å². The largest absolute Gasteiger partial charge is 0.410 e. The van der Waals surface area contributed by atoms with Crippen LogP contribution in [0.25, 0.3) is 5.57 Å². The summed E-state index contributed by atoms with van der Waals surface area (Å²) in [6.45, 7) is 0. The molecule has 2 aliphatic rings. The first-order chi connectivity index (χ1) is 11.9. The fraction of sp³-hybridized carbons (Fsp3) is 0. The molecule has 2 heterocycles. The third-order valence-corrected chi connectivity index (χ3v) is 4.91. The highest BCUT2D eigenvalue weighted by molar-refractivity contribution is 7.85. The molecule has 126 valence electrons. The molecule has 0 spiro atoms. The number of carbonyl (C=O) groups is 1. The second-order valence-corrected chi connectivity index (χ2v) is 6.93. The van der Waals surface area contributed by atoms with Crippen LogP contribution in [0, 0.1) is 0 Å². The number of hydrogen-bond acceptors (Lipinski definition) is 6. The van der Waals surface area contributed by atoms with Gasteiger partial charge in [0.05, 0.1) is 16.2 Å². The van der Waals surface area contributed by atoms with Crippen LogP contribution in [0.15, 0.2) is 58.2 Å². The number of fused-ring (bicyclic) bond motifs is 2. The van der Waals surface area contributed by atoms with E-state index in [4.69, 9.17) is 0 Å². The van der Waals surface area contributed by atoms with Gasteiger partial charge in [-0.2, -0.15) is 8.42 Å². The van der Waals surface area contributed by atoms with Crippen LogP contribution in [-0.4, -0.2) is 29.8 Å². The molecule has 1 amide bonds. The van der Waals surface area contributed by atoms with Crippen LogP contribution in [0.1, 0.15) is 11.1 Å². The smallest absolute Gasteiger partial charge is 0.294 e. The molecule has 4 N–H and O–H groups in total. The number of nitrogens with one attached hydrogen (secondary N) is 2. The molecule has 25 heavy (non-hydrogen) atoms. The zero-order valence-electron chi connectivity index (χ0n) is 12.5. The van der Waals surface area contributed by atoms with Crippen molar-refractivity contribution in [2.24, 2.45) is 5.16 Å². The third kappa shape index (κ3) is 2.29. The molecule has 0 radical (unpaired) electrons. The van der Waals surface area contributed by atoms with Crippen molar-refractivity contribution in [3.63, 3.8) is 0 Å². The van der Waals surface area contributed by atoms with E-state index in [1.807, 2.05) is 0 Å². The maximum absolute atomic E-state index is 12.4. The van der Waals surface area contributed by atoms with E-state index in [1.165, 1.54) is 18.2 Å². The van der Waals surface area contributed by atoms with E-state index in [1.54, 1.807) is 24.3 Å². The molecule has 2 aliphatic heterocycles. The Morgan fingerprint density at radius 1 is 0.960 bits per heavy atom. The van der Waals surface area contributed by atoms with Crippen molar-refractivity contribution in [1.29, 1.82) is 0 Å². The molecule has 2 aromatic carbocycles. The highest BCUT2D eigenvalue weighted by Crippen LogP contribution is 2.39. The molecule has 4 rings (SSSR count). The van der Waals surface area contributed by atoms with Gasteiger partial charge in [-0.1, -0.05) is 23.4 Å². The Bertz CT molecular complexity index is 1100. The average molecular weight is 357 g/mol. The molecule has 2 aromatic rings. The maximum Gasteiger partial charge on any atom is 0.294 e. The van der Waals surface area contributed by atoms with E-state index < -0.39 is 16.0 Å². The lowest BCUT2D eigenvalue weighted by molar-refractivity contribution is -0.110. The first-order valence-electron chi connectivity index (χ1n) is 7.16. The Labute approximate surface area is 142 Å². The van der Waals surface area contributed by atoms with Crippen molar-refractivity contribution in [3.05, 3.63) is 59.3 Å². The van der Waals surface area contributed by atoms with Crippen LogP contribution in [0.3, 0.4) is 0 Å². The van der Waals surface area contributed by atoms with Crippen molar-refractivity contribution in [2.45, 2.75) is 4.90 Å². The molecular weight excluding hydrogens is 346 g/mol. The summed E-state index contributed by atoms with van der Waals surface area (Å²) in [5, 5.41) is 18.3.